The zero-order valence-corrected chi connectivity index (χ0v) is 13.9. The third kappa shape index (κ3) is 4.91. The molecular weight excluding hydrogens is 336 g/mol. The van der Waals surface area contributed by atoms with Crippen molar-refractivity contribution < 1.29 is 14.3 Å². The molecule has 0 bridgehead atoms. The number of nitrogens with two attached hydrogens (primary N) is 1. The molecule has 0 saturated carbocycles. The maximum atomic E-state index is 12.1. The lowest BCUT2D eigenvalue weighted by Crippen LogP contribution is -2.16. The molecule has 0 unspecified atom stereocenters. The van der Waals surface area contributed by atoms with E-state index < -0.39 is 5.91 Å². The highest BCUT2D eigenvalue weighted by Gasteiger charge is 2.11. The van der Waals surface area contributed by atoms with Crippen molar-refractivity contribution in [2.24, 2.45) is 5.73 Å². The maximum Gasteiger partial charge on any atom is 0.248 e. The minimum Gasteiger partial charge on any atom is -0.495 e. The standard InChI is InChI=1S/C16H15ClN2O3S/c1-22-14-7-2-10(16(18)21)8-13(14)19-15(20)9-23-12-5-3-11(17)4-6-12/h2-8H,9H2,1H3,(H2,18,21)(H,19,20). The second-order valence-electron chi connectivity index (χ2n) is 4.57. The van der Waals surface area contributed by atoms with Crippen molar-refractivity contribution in [2.45, 2.75) is 4.90 Å². The molecule has 0 saturated heterocycles. The number of primary amides is 1. The third-order valence-corrected chi connectivity index (χ3v) is 4.21. The van der Waals surface area contributed by atoms with Gasteiger partial charge in [-0.1, -0.05) is 11.6 Å². The zero-order chi connectivity index (χ0) is 16.8. The molecule has 2 aromatic rings. The normalized spacial score (nSPS) is 10.2. The van der Waals surface area contributed by atoms with Gasteiger partial charge >= 0.3 is 0 Å². The van der Waals surface area contributed by atoms with Crippen molar-refractivity contribution in [2.75, 3.05) is 18.2 Å². The molecule has 2 amide bonds. The highest BCUT2D eigenvalue weighted by Crippen LogP contribution is 2.26. The summed E-state index contributed by atoms with van der Waals surface area (Å²) in [6.45, 7) is 0. The van der Waals surface area contributed by atoms with Crippen molar-refractivity contribution in [3.8, 4) is 5.75 Å². The van der Waals surface area contributed by atoms with Crippen molar-refractivity contribution in [3.05, 3.63) is 53.1 Å². The molecule has 0 heterocycles. The van der Waals surface area contributed by atoms with Crippen LogP contribution >= 0.6 is 23.4 Å². The van der Waals surface area contributed by atoms with Crippen molar-refractivity contribution in [1.82, 2.24) is 0 Å². The van der Waals surface area contributed by atoms with E-state index in [0.29, 0.717) is 22.0 Å². The summed E-state index contributed by atoms with van der Waals surface area (Å²) >= 11 is 7.19. The molecule has 0 aliphatic rings. The Hall–Kier alpha value is -2.18. The van der Waals surface area contributed by atoms with E-state index in [4.69, 9.17) is 22.1 Å². The summed E-state index contributed by atoms with van der Waals surface area (Å²) in [5.41, 5.74) is 5.95. The maximum absolute atomic E-state index is 12.1. The average Bonchev–Trinajstić information content (AvgIpc) is 2.54. The van der Waals surface area contributed by atoms with Gasteiger partial charge in [0, 0.05) is 15.5 Å². The van der Waals surface area contributed by atoms with Crippen LogP contribution in [-0.4, -0.2) is 24.7 Å². The van der Waals surface area contributed by atoms with Crippen LogP contribution in [-0.2, 0) is 4.79 Å². The Balaban J connectivity index is 2.02. The van der Waals surface area contributed by atoms with Gasteiger partial charge in [0.15, 0.2) is 0 Å². The fourth-order valence-corrected chi connectivity index (χ4v) is 2.65. The molecule has 0 aromatic heterocycles. The molecule has 2 aromatic carbocycles. The Morgan fingerprint density at radius 3 is 2.52 bits per heavy atom. The number of amides is 2. The van der Waals surface area contributed by atoms with Gasteiger partial charge in [-0.25, -0.2) is 0 Å². The van der Waals surface area contributed by atoms with E-state index >= 15 is 0 Å². The van der Waals surface area contributed by atoms with E-state index in [9.17, 15) is 9.59 Å². The predicted octanol–water partition coefficient (Wildman–Crippen LogP) is 3.18. The molecule has 0 spiro atoms. The Bertz CT molecular complexity index is 720. The first-order valence-corrected chi connectivity index (χ1v) is 8.02. The molecule has 120 valence electrons. The minimum absolute atomic E-state index is 0.214. The van der Waals surface area contributed by atoms with Gasteiger partial charge in [-0.3, -0.25) is 9.59 Å². The number of rotatable bonds is 6. The van der Waals surface area contributed by atoms with Crippen LogP contribution in [0.1, 0.15) is 10.4 Å². The average molecular weight is 351 g/mol. The number of methoxy groups -OCH3 is 1. The van der Waals surface area contributed by atoms with Gasteiger partial charge in [-0.15, -0.1) is 11.8 Å². The highest BCUT2D eigenvalue weighted by molar-refractivity contribution is 8.00. The van der Waals surface area contributed by atoms with Crippen LogP contribution in [0.2, 0.25) is 5.02 Å². The zero-order valence-electron chi connectivity index (χ0n) is 12.3. The first kappa shape index (κ1) is 17.2. The van der Waals surface area contributed by atoms with Crippen molar-refractivity contribution in [1.29, 1.82) is 0 Å². The second kappa shape index (κ2) is 7.89. The van der Waals surface area contributed by atoms with Crippen molar-refractivity contribution >= 4 is 40.9 Å². The number of ether oxygens (including phenoxy) is 1. The Morgan fingerprint density at radius 1 is 1.22 bits per heavy atom. The Labute approximate surface area is 143 Å². The smallest absolute Gasteiger partial charge is 0.248 e. The monoisotopic (exact) mass is 350 g/mol. The van der Waals surface area contributed by atoms with Gasteiger partial charge in [-0.05, 0) is 42.5 Å². The van der Waals surface area contributed by atoms with E-state index in [1.165, 1.54) is 24.9 Å². The molecule has 3 N–H and O–H groups in total. The molecule has 0 radical (unpaired) electrons. The number of nitrogens with one attached hydrogen (secondary N) is 1. The molecular formula is C16H15ClN2O3S. The molecule has 23 heavy (non-hydrogen) atoms. The lowest BCUT2D eigenvalue weighted by molar-refractivity contribution is -0.113. The van der Waals surface area contributed by atoms with Gasteiger partial charge in [0.2, 0.25) is 11.8 Å². The number of thioether (sulfide) groups is 1. The molecule has 0 fully saturated rings. The quantitative estimate of drug-likeness (QED) is 0.784. The number of hydrogen-bond acceptors (Lipinski definition) is 4. The molecule has 2 rings (SSSR count). The van der Waals surface area contributed by atoms with Crippen molar-refractivity contribution in [3.63, 3.8) is 0 Å². The number of anilines is 1. The van der Waals surface area contributed by atoms with Gasteiger partial charge in [0.05, 0.1) is 18.6 Å². The molecule has 5 nitrogen and oxygen atoms in total. The van der Waals surface area contributed by atoms with Crippen LogP contribution in [0.4, 0.5) is 5.69 Å². The summed E-state index contributed by atoms with van der Waals surface area (Å²) in [5.74, 6) is -0.116. The summed E-state index contributed by atoms with van der Waals surface area (Å²) in [4.78, 5) is 24.2. The summed E-state index contributed by atoms with van der Waals surface area (Å²) < 4.78 is 5.17. The van der Waals surface area contributed by atoms with Crippen LogP contribution in [0.5, 0.6) is 5.75 Å². The van der Waals surface area contributed by atoms with Crippen LogP contribution in [0, 0.1) is 0 Å². The Morgan fingerprint density at radius 2 is 1.91 bits per heavy atom. The topological polar surface area (TPSA) is 81.4 Å². The largest absolute Gasteiger partial charge is 0.495 e. The van der Waals surface area contributed by atoms with E-state index in [0.717, 1.165) is 4.90 Å². The number of benzene rings is 2. The molecule has 0 atom stereocenters. The minimum atomic E-state index is -0.571. The summed E-state index contributed by atoms with van der Waals surface area (Å²) in [6, 6.07) is 11.8. The fourth-order valence-electron chi connectivity index (χ4n) is 1.82. The predicted molar refractivity (Wildman–Crippen MR) is 92.3 cm³/mol. The molecule has 7 heteroatoms. The fraction of sp³-hybridized carbons (Fsp3) is 0.125. The number of carbonyl (C=O) groups excluding carboxylic acids is 2. The number of carbonyl (C=O) groups is 2. The first-order chi connectivity index (χ1) is 11.0. The van der Waals surface area contributed by atoms with Gasteiger partial charge < -0.3 is 15.8 Å². The van der Waals surface area contributed by atoms with Crippen LogP contribution in [0.25, 0.3) is 0 Å². The van der Waals surface area contributed by atoms with E-state index in [2.05, 4.69) is 5.32 Å². The van der Waals surface area contributed by atoms with Gasteiger partial charge in [0.25, 0.3) is 0 Å². The van der Waals surface area contributed by atoms with E-state index in [-0.39, 0.29) is 11.7 Å². The first-order valence-electron chi connectivity index (χ1n) is 6.65. The van der Waals surface area contributed by atoms with Gasteiger partial charge in [-0.2, -0.15) is 0 Å². The van der Waals surface area contributed by atoms with E-state index in [1.807, 2.05) is 12.1 Å². The number of halogens is 1. The third-order valence-electron chi connectivity index (χ3n) is 2.94. The lowest BCUT2D eigenvalue weighted by Gasteiger charge is -2.11. The van der Waals surface area contributed by atoms with Crippen LogP contribution in [0.15, 0.2) is 47.4 Å². The SMILES string of the molecule is COc1ccc(C(N)=O)cc1NC(=O)CSc1ccc(Cl)cc1. The Kier molecular flexibility index (Phi) is 5.90. The summed E-state index contributed by atoms with van der Waals surface area (Å²) in [7, 11) is 1.48. The lowest BCUT2D eigenvalue weighted by atomic mass is 10.1. The summed E-state index contributed by atoms with van der Waals surface area (Å²) in [5, 5.41) is 3.36. The highest BCUT2D eigenvalue weighted by atomic mass is 35.5. The second-order valence-corrected chi connectivity index (χ2v) is 6.06. The number of hydrogen-bond donors (Lipinski definition) is 2. The molecule has 0 aliphatic carbocycles. The van der Waals surface area contributed by atoms with Gasteiger partial charge in [0.1, 0.15) is 5.75 Å². The van der Waals surface area contributed by atoms with Crippen LogP contribution < -0.4 is 15.8 Å². The van der Waals surface area contributed by atoms with E-state index in [1.54, 1.807) is 24.3 Å². The van der Waals surface area contributed by atoms with Crippen LogP contribution in [0.3, 0.4) is 0 Å². The summed E-state index contributed by atoms with van der Waals surface area (Å²) in [6.07, 6.45) is 0. The molecule has 0 aliphatic heterocycles.